The maximum absolute atomic E-state index is 10.8. The van der Waals surface area contributed by atoms with Gasteiger partial charge in [0.05, 0.1) is 13.2 Å². The van der Waals surface area contributed by atoms with E-state index in [1.807, 2.05) is 43.3 Å². The van der Waals surface area contributed by atoms with Crippen LogP contribution >= 0.6 is 0 Å². The molecule has 2 heteroatoms. The van der Waals surface area contributed by atoms with Gasteiger partial charge in [0.25, 0.3) is 0 Å². The summed E-state index contributed by atoms with van der Waals surface area (Å²) in [6.45, 7) is 6.13. The molecule has 2 aromatic carbocycles. The van der Waals surface area contributed by atoms with Gasteiger partial charge in [-0.1, -0.05) is 50.2 Å². The molecular weight excluding hydrogens is 248 g/mol. The van der Waals surface area contributed by atoms with Gasteiger partial charge >= 0.3 is 0 Å². The van der Waals surface area contributed by atoms with E-state index in [0.717, 1.165) is 22.4 Å². The monoisotopic (exact) mass is 270 g/mol. The van der Waals surface area contributed by atoms with Crippen molar-refractivity contribution in [2.45, 2.75) is 32.3 Å². The number of aliphatic hydroxyl groups excluding tert-OH is 1. The van der Waals surface area contributed by atoms with Crippen molar-refractivity contribution in [3.05, 3.63) is 65.2 Å². The van der Waals surface area contributed by atoms with Gasteiger partial charge in [0.2, 0.25) is 0 Å². The first-order valence-corrected chi connectivity index (χ1v) is 6.85. The SMILES string of the molecule is COc1ccc(C(O)C(C)(C)c2ccccc2)c(C)c1. The second kappa shape index (κ2) is 5.68. The molecule has 1 atom stereocenters. The number of hydrogen-bond donors (Lipinski definition) is 1. The Labute approximate surface area is 121 Å². The Kier molecular flexibility index (Phi) is 4.15. The molecule has 2 aromatic rings. The topological polar surface area (TPSA) is 29.5 Å². The molecule has 0 aliphatic rings. The van der Waals surface area contributed by atoms with Crippen LogP contribution in [0.25, 0.3) is 0 Å². The van der Waals surface area contributed by atoms with Gasteiger partial charge in [-0.25, -0.2) is 0 Å². The van der Waals surface area contributed by atoms with Crippen molar-refractivity contribution in [3.8, 4) is 5.75 Å². The van der Waals surface area contributed by atoms with Crippen LogP contribution in [0.15, 0.2) is 48.5 Å². The van der Waals surface area contributed by atoms with E-state index in [2.05, 4.69) is 26.0 Å². The van der Waals surface area contributed by atoms with E-state index in [0.29, 0.717) is 0 Å². The molecule has 0 aliphatic heterocycles. The molecule has 0 aromatic heterocycles. The Morgan fingerprint density at radius 2 is 1.70 bits per heavy atom. The summed E-state index contributed by atoms with van der Waals surface area (Å²) in [5.74, 6) is 0.816. The zero-order valence-corrected chi connectivity index (χ0v) is 12.6. The number of rotatable bonds is 4. The lowest BCUT2D eigenvalue weighted by atomic mass is 9.76. The standard InChI is InChI=1S/C18H22O2/c1-13-12-15(20-4)10-11-16(13)17(19)18(2,3)14-8-6-5-7-9-14/h5-12,17,19H,1-4H3. The zero-order chi connectivity index (χ0) is 14.8. The van der Waals surface area contributed by atoms with Crippen molar-refractivity contribution in [1.82, 2.24) is 0 Å². The highest BCUT2D eigenvalue weighted by atomic mass is 16.5. The summed E-state index contributed by atoms with van der Waals surface area (Å²) in [4.78, 5) is 0. The van der Waals surface area contributed by atoms with Crippen LogP contribution in [0.2, 0.25) is 0 Å². The van der Waals surface area contributed by atoms with Gasteiger partial charge in [-0.3, -0.25) is 0 Å². The Morgan fingerprint density at radius 3 is 2.25 bits per heavy atom. The molecule has 2 rings (SSSR count). The number of hydrogen-bond acceptors (Lipinski definition) is 2. The summed E-state index contributed by atoms with van der Waals surface area (Å²) in [5.41, 5.74) is 2.77. The minimum absolute atomic E-state index is 0.347. The van der Waals surface area contributed by atoms with Crippen molar-refractivity contribution in [3.63, 3.8) is 0 Å². The maximum Gasteiger partial charge on any atom is 0.119 e. The lowest BCUT2D eigenvalue weighted by Gasteiger charge is -2.32. The van der Waals surface area contributed by atoms with Gasteiger partial charge in [-0.2, -0.15) is 0 Å². The van der Waals surface area contributed by atoms with Crippen LogP contribution < -0.4 is 4.74 Å². The first-order chi connectivity index (χ1) is 9.46. The molecule has 106 valence electrons. The smallest absolute Gasteiger partial charge is 0.119 e. The van der Waals surface area contributed by atoms with Crippen LogP contribution in [0, 0.1) is 6.92 Å². The number of benzene rings is 2. The fourth-order valence-corrected chi connectivity index (χ4v) is 2.50. The second-order valence-electron chi connectivity index (χ2n) is 5.71. The van der Waals surface area contributed by atoms with Crippen LogP contribution in [0.3, 0.4) is 0 Å². The number of aliphatic hydroxyl groups is 1. The number of ether oxygens (including phenoxy) is 1. The normalized spacial score (nSPS) is 13.1. The van der Waals surface area contributed by atoms with Crippen molar-refractivity contribution in [1.29, 1.82) is 0 Å². The lowest BCUT2D eigenvalue weighted by Crippen LogP contribution is -2.27. The van der Waals surface area contributed by atoms with E-state index >= 15 is 0 Å². The first kappa shape index (κ1) is 14.6. The van der Waals surface area contributed by atoms with Crippen molar-refractivity contribution in [2.75, 3.05) is 7.11 Å². The van der Waals surface area contributed by atoms with E-state index in [1.54, 1.807) is 7.11 Å². The minimum atomic E-state index is -0.559. The summed E-state index contributed by atoms with van der Waals surface area (Å²) >= 11 is 0. The van der Waals surface area contributed by atoms with Gasteiger partial charge < -0.3 is 9.84 Å². The molecular formula is C18H22O2. The van der Waals surface area contributed by atoms with Crippen LogP contribution in [0.5, 0.6) is 5.75 Å². The van der Waals surface area contributed by atoms with Gasteiger partial charge in [-0.15, -0.1) is 0 Å². The molecule has 0 radical (unpaired) electrons. The summed E-state index contributed by atoms with van der Waals surface area (Å²) in [6, 6.07) is 15.9. The molecule has 0 fully saturated rings. The fourth-order valence-electron chi connectivity index (χ4n) is 2.50. The molecule has 0 saturated heterocycles. The molecule has 1 unspecified atom stereocenters. The molecule has 20 heavy (non-hydrogen) atoms. The Morgan fingerprint density at radius 1 is 1.05 bits per heavy atom. The van der Waals surface area contributed by atoms with Crippen LogP contribution in [-0.2, 0) is 5.41 Å². The van der Waals surface area contributed by atoms with Crippen LogP contribution in [0.1, 0.15) is 36.6 Å². The molecule has 0 heterocycles. The van der Waals surface area contributed by atoms with Crippen molar-refractivity contribution in [2.24, 2.45) is 0 Å². The van der Waals surface area contributed by atoms with E-state index in [4.69, 9.17) is 4.74 Å². The molecule has 1 N–H and O–H groups in total. The third kappa shape index (κ3) is 2.70. The third-order valence-electron chi connectivity index (χ3n) is 3.97. The average molecular weight is 270 g/mol. The Hall–Kier alpha value is -1.80. The number of methoxy groups -OCH3 is 1. The van der Waals surface area contributed by atoms with E-state index < -0.39 is 6.10 Å². The first-order valence-electron chi connectivity index (χ1n) is 6.85. The highest BCUT2D eigenvalue weighted by Crippen LogP contribution is 2.38. The van der Waals surface area contributed by atoms with Crippen LogP contribution in [0.4, 0.5) is 0 Å². The zero-order valence-electron chi connectivity index (χ0n) is 12.6. The molecule has 2 nitrogen and oxygen atoms in total. The molecule has 0 amide bonds. The predicted molar refractivity (Wildman–Crippen MR) is 82.2 cm³/mol. The maximum atomic E-state index is 10.8. The van der Waals surface area contributed by atoms with Gasteiger partial charge in [-0.05, 0) is 35.7 Å². The molecule has 0 bridgehead atoms. The largest absolute Gasteiger partial charge is 0.497 e. The van der Waals surface area contributed by atoms with E-state index in [1.165, 1.54) is 0 Å². The van der Waals surface area contributed by atoms with Gasteiger partial charge in [0.15, 0.2) is 0 Å². The number of aryl methyl sites for hydroxylation is 1. The van der Waals surface area contributed by atoms with Gasteiger partial charge in [0.1, 0.15) is 5.75 Å². The van der Waals surface area contributed by atoms with Crippen molar-refractivity contribution < 1.29 is 9.84 Å². The summed E-state index contributed by atoms with van der Waals surface area (Å²) in [6.07, 6.45) is -0.559. The minimum Gasteiger partial charge on any atom is -0.497 e. The van der Waals surface area contributed by atoms with Gasteiger partial charge in [0, 0.05) is 5.41 Å². The fraction of sp³-hybridized carbons (Fsp3) is 0.333. The average Bonchev–Trinajstić information content (AvgIpc) is 2.47. The highest BCUT2D eigenvalue weighted by molar-refractivity contribution is 5.39. The van der Waals surface area contributed by atoms with Crippen molar-refractivity contribution >= 4 is 0 Å². The third-order valence-corrected chi connectivity index (χ3v) is 3.97. The summed E-state index contributed by atoms with van der Waals surface area (Å²) in [7, 11) is 1.65. The van der Waals surface area contributed by atoms with E-state index in [9.17, 15) is 5.11 Å². The van der Waals surface area contributed by atoms with Crippen LogP contribution in [-0.4, -0.2) is 12.2 Å². The Balaban J connectivity index is 2.38. The molecule has 0 saturated carbocycles. The van der Waals surface area contributed by atoms with E-state index in [-0.39, 0.29) is 5.41 Å². The summed E-state index contributed by atoms with van der Waals surface area (Å²) < 4.78 is 5.22. The quantitative estimate of drug-likeness (QED) is 0.909. The molecule has 0 aliphatic carbocycles. The second-order valence-corrected chi connectivity index (χ2v) is 5.71. The lowest BCUT2D eigenvalue weighted by molar-refractivity contribution is 0.0996. The highest BCUT2D eigenvalue weighted by Gasteiger charge is 2.31. The molecule has 0 spiro atoms. The summed E-state index contributed by atoms with van der Waals surface area (Å²) in [5, 5.41) is 10.8. The Bertz CT molecular complexity index is 573. The predicted octanol–water partition coefficient (Wildman–Crippen LogP) is 4.01.